The molecule has 0 aliphatic heterocycles. The lowest BCUT2D eigenvalue weighted by Gasteiger charge is -2.24. The van der Waals surface area contributed by atoms with E-state index in [0.717, 1.165) is 11.3 Å². The van der Waals surface area contributed by atoms with Crippen molar-refractivity contribution in [3.8, 4) is 0 Å². The zero-order chi connectivity index (χ0) is 15.3. The fourth-order valence-corrected chi connectivity index (χ4v) is 1.95. The molecule has 112 valence electrons. The molecule has 0 fully saturated rings. The Balaban J connectivity index is 2.99. The summed E-state index contributed by atoms with van der Waals surface area (Å²) < 4.78 is 5.26. The van der Waals surface area contributed by atoms with Gasteiger partial charge in [0, 0.05) is 32.5 Å². The minimum absolute atomic E-state index is 0.0147. The number of amides is 1. The van der Waals surface area contributed by atoms with Crippen molar-refractivity contribution in [1.29, 1.82) is 0 Å². The van der Waals surface area contributed by atoms with Gasteiger partial charge in [-0.25, -0.2) is 0 Å². The van der Waals surface area contributed by atoms with Crippen LogP contribution >= 0.6 is 0 Å². The molecule has 1 atom stereocenters. The molecule has 4 heteroatoms. The Bertz CT molecular complexity index is 456. The highest BCUT2D eigenvalue weighted by atomic mass is 16.5. The SMILES string of the molecule is COCC(Nc1cc(C(=O)N(C)C)ccc1C)C(C)C. The summed E-state index contributed by atoms with van der Waals surface area (Å²) in [6, 6.07) is 5.98. The third kappa shape index (κ3) is 4.23. The Hall–Kier alpha value is -1.55. The Labute approximate surface area is 122 Å². The summed E-state index contributed by atoms with van der Waals surface area (Å²) in [5.74, 6) is 0.462. The second-order valence-electron chi connectivity index (χ2n) is 5.68. The van der Waals surface area contributed by atoms with Crippen LogP contribution in [0.4, 0.5) is 5.69 Å². The van der Waals surface area contributed by atoms with Gasteiger partial charge >= 0.3 is 0 Å². The fraction of sp³-hybridized carbons (Fsp3) is 0.562. The van der Waals surface area contributed by atoms with Gasteiger partial charge in [-0.1, -0.05) is 19.9 Å². The van der Waals surface area contributed by atoms with Crippen LogP contribution in [0, 0.1) is 12.8 Å². The average molecular weight is 278 g/mol. The van der Waals surface area contributed by atoms with Crippen molar-refractivity contribution in [3.05, 3.63) is 29.3 Å². The standard InChI is InChI=1S/C16H26N2O2/c1-11(2)15(10-20-6)17-14-9-13(8-7-12(14)3)16(19)18(4)5/h7-9,11,15,17H,10H2,1-6H3. The van der Waals surface area contributed by atoms with Gasteiger partial charge in [-0.2, -0.15) is 0 Å². The van der Waals surface area contributed by atoms with Gasteiger partial charge in [0.15, 0.2) is 0 Å². The van der Waals surface area contributed by atoms with Gasteiger partial charge in [-0.3, -0.25) is 4.79 Å². The third-order valence-corrected chi connectivity index (χ3v) is 3.38. The van der Waals surface area contributed by atoms with E-state index in [1.54, 1.807) is 26.1 Å². The van der Waals surface area contributed by atoms with E-state index in [9.17, 15) is 4.79 Å². The number of hydrogen-bond donors (Lipinski definition) is 1. The lowest BCUT2D eigenvalue weighted by Crippen LogP contribution is -2.31. The molecular weight excluding hydrogens is 252 g/mol. The first kappa shape index (κ1) is 16.5. The zero-order valence-corrected chi connectivity index (χ0v) is 13.4. The minimum Gasteiger partial charge on any atom is -0.383 e. The zero-order valence-electron chi connectivity index (χ0n) is 13.4. The number of ether oxygens (including phenoxy) is 1. The molecule has 0 saturated carbocycles. The predicted molar refractivity (Wildman–Crippen MR) is 83.3 cm³/mol. The van der Waals surface area contributed by atoms with Crippen LogP contribution in [0.25, 0.3) is 0 Å². The second kappa shape index (κ2) is 7.29. The van der Waals surface area contributed by atoms with E-state index < -0.39 is 0 Å². The number of rotatable bonds is 6. The quantitative estimate of drug-likeness (QED) is 0.870. The summed E-state index contributed by atoms with van der Waals surface area (Å²) in [6.45, 7) is 6.99. The Kier molecular flexibility index (Phi) is 6.02. The van der Waals surface area contributed by atoms with Crippen LogP contribution in [0.2, 0.25) is 0 Å². The Morgan fingerprint density at radius 3 is 2.50 bits per heavy atom. The molecule has 1 aromatic carbocycles. The normalized spacial score (nSPS) is 12.3. The van der Waals surface area contributed by atoms with Crippen molar-refractivity contribution >= 4 is 11.6 Å². The van der Waals surface area contributed by atoms with E-state index in [-0.39, 0.29) is 11.9 Å². The molecule has 1 unspecified atom stereocenters. The topological polar surface area (TPSA) is 41.6 Å². The maximum Gasteiger partial charge on any atom is 0.253 e. The van der Waals surface area contributed by atoms with Crippen LogP contribution in [0.3, 0.4) is 0 Å². The molecule has 20 heavy (non-hydrogen) atoms. The number of methoxy groups -OCH3 is 1. The largest absolute Gasteiger partial charge is 0.383 e. The molecule has 1 amide bonds. The molecule has 0 aromatic heterocycles. The van der Waals surface area contributed by atoms with E-state index in [1.807, 2.05) is 25.1 Å². The molecule has 0 aliphatic rings. The smallest absolute Gasteiger partial charge is 0.253 e. The van der Waals surface area contributed by atoms with Crippen molar-refractivity contribution in [1.82, 2.24) is 4.90 Å². The fourth-order valence-electron chi connectivity index (χ4n) is 1.95. The van der Waals surface area contributed by atoms with Gasteiger partial charge in [-0.05, 0) is 30.5 Å². The predicted octanol–water partition coefficient (Wildman–Crippen LogP) is 2.78. The van der Waals surface area contributed by atoms with Crippen molar-refractivity contribution in [3.63, 3.8) is 0 Å². The average Bonchev–Trinajstić information content (AvgIpc) is 2.39. The molecular formula is C16H26N2O2. The molecule has 0 aliphatic carbocycles. The lowest BCUT2D eigenvalue weighted by atomic mass is 10.0. The third-order valence-electron chi connectivity index (χ3n) is 3.38. The number of nitrogens with one attached hydrogen (secondary N) is 1. The number of nitrogens with zero attached hydrogens (tertiary/aromatic N) is 1. The van der Waals surface area contributed by atoms with E-state index in [2.05, 4.69) is 19.2 Å². The maximum absolute atomic E-state index is 12.0. The van der Waals surface area contributed by atoms with Crippen LogP contribution in [0.5, 0.6) is 0 Å². The summed E-state index contributed by atoms with van der Waals surface area (Å²) in [5, 5.41) is 3.49. The highest BCUT2D eigenvalue weighted by Crippen LogP contribution is 2.20. The van der Waals surface area contributed by atoms with Gasteiger partial charge < -0.3 is 15.0 Å². The van der Waals surface area contributed by atoms with E-state index in [0.29, 0.717) is 18.1 Å². The second-order valence-corrected chi connectivity index (χ2v) is 5.68. The first-order valence-electron chi connectivity index (χ1n) is 6.94. The van der Waals surface area contributed by atoms with Crippen LogP contribution in [0.15, 0.2) is 18.2 Å². The van der Waals surface area contributed by atoms with Crippen molar-refractivity contribution in [2.75, 3.05) is 33.1 Å². The van der Waals surface area contributed by atoms with Crippen molar-refractivity contribution in [2.45, 2.75) is 26.8 Å². The first-order valence-corrected chi connectivity index (χ1v) is 6.94. The van der Waals surface area contributed by atoms with Crippen LogP contribution in [-0.2, 0) is 4.74 Å². The van der Waals surface area contributed by atoms with Crippen LogP contribution < -0.4 is 5.32 Å². The highest BCUT2D eigenvalue weighted by Gasteiger charge is 2.15. The Morgan fingerprint density at radius 2 is 2.00 bits per heavy atom. The van der Waals surface area contributed by atoms with E-state index in [4.69, 9.17) is 4.74 Å². The summed E-state index contributed by atoms with van der Waals surface area (Å²) in [6.07, 6.45) is 0. The van der Waals surface area contributed by atoms with Gasteiger partial charge in [0.05, 0.1) is 12.6 Å². The van der Waals surface area contributed by atoms with E-state index >= 15 is 0 Å². The Morgan fingerprint density at radius 1 is 1.35 bits per heavy atom. The number of carbonyl (C=O) groups excluding carboxylic acids is 1. The molecule has 0 saturated heterocycles. The minimum atomic E-state index is 0.0147. The lowest BCUT2D eigenvalue weighted by molar-refractivity contribution is 0.0827. The molecule has 0 spiro atoms. The van der Waals surface area contributed by atoms with Gasteiger partial charge in [0.1, 0.15) is 0 Å². The summed E-state index contributed by atoms with van der Waals surface area (Å²) in [4.78, 5) is 13.6. The summed E-state index contributed by atoms with van der Waals surface area (Å²) >= 11 is 0. The number of anilines is 1. The monoisotopic (exact) mass is 278 g/mol. The molecule has 1 rings (SSSR count). The first-order chi connectivity index (χ1) is 9.36. The number of carbonyl (C=O) groups is 1. The number of benzene rings is 1. The van der Waals surface area contributed by atoms with Crippen molar-refractivity contribution < 1.29 is 9.53 Å². The molecule has 1 N–H and O–H groups in total. The van der Waals surface area contributed by atoms with Crippen LogP contribution in [-0.4, -0.2) is 44.7 Å². The molecule has 4 nitrogen and oxygen atoms in total. The number of hydrogen-bond acceptors (Lipinski definition) is 3. The maximum atomic E-state index is 12.0. The molecule has 0 radical (unpaired) electrons. The molecule has 0 bridgehead atoms. The molecule has 1 aromatic rings. The van der Waals surface area contributed by atoms with Gasteiger partial charge in [0.25, 0.3) is 5.91 Å². The van der Waals surface area contributed by atoms with Crippen molar-refractivity contribution in [2.24, 2.45) is 5.92 Å². The number of aryl methyl sites for hydroxylation is 1. The van der Waals surface area contributed by atoms with E-state index in [1.165, 1.54) is 0 Å². The van der Waals surface area contributed by atoms with Gasteiger partial charge in [0.2, 0.25) is 0 Å². The summed E-state index contributed by atoms with van der Waals surface area (Å²) in [5.41, 5.74) is 2.82. The summed E-state index contributed by atoms with van der Waals surface area (Å²) in [7, 11) is 5.23. The molecule has 0 heterocycles. The van der Waals surface area contributed by atoms with Gasteiger partial charge in [-0.15, -0.1) is 0 Å². The highest BCUT2D eigenvalue weighted by molar-refractivity contribution is 5.95. The van der Waals surface area contributed by atoms with Crippen LogP contribution in [0.1, 0.15) is 29.8 Å².